The van der Waals surface area contributed by atoms with E-state index < -0.39 is 0 Å². The van der Waals surface area contributed by atoms with Crippen molar-refractivity contribution in [3.05, 3.63) is 30.3 Å². The van der Waals surface area contributed by atoms with Crippen LogP contribution in [0, 0.1) is 0 Å². The van der Waals surface area contributed by atoms with Gasteiger partial charge in [-0.2, -0.15) is 0 Å². The lowest BCUT2D eigenvalue weighted by Gasteiger charge is -2.33. The van der Waals surface area contributed by atoms with Gasteiger partial charge in [-0.05, 0) is 45.7 Å². The van der Waals surface area contributed by atoms with Crippen LogP contribution in [0.1, 0.15) is 33.6 Å². The molecule has 1 fully saturated rings. The molecule has 2 rings (SSSR count). The molecule has 1 aliphatic rings. The summed E-state index contributed by atoms with van der Waals surface area (Å²) in [5.74, 6) is 1.74. The lowest BCUT2D eigenvalue weighted by Crippen LogP contribution is -2.50. The molecule has 0 radical (unpaired) electrons. The van der Waals surface area contributed by atoms with Crippen LogP contribution in [0.5, 0.6) is 5.75 Å². The monoisotopic (exact) mass is 504 g/mol. The zero-order valence-corrected chi connectivity index (χ0v) is 20.0. The Balaban J connectivity index is 0.00000392. The number of nitrogens with one attached hydrogen (secondary N) is 2. The summed E-state index contributed by atoms with van der Waals surface area (Å²) in [4.78, 5) is 6.83. The number of likely N-dealkylation sites (tertiary alicyclic amines) is 1. The molecule has 1 aromatic rings. The number of hydrogen-bond acceptors (Lipinski definition) is 4. The smallest absolute Gasteiger partial charge is 0.191 e. The fourth-order valence-corrected chi connectivity index (χ4v) is 3.12. The van der Waals surface area contributed by atoms with Crippen LogP contribution >= 0.6 is 24.0 Å². The van der Waals surface area contributed by atoms with Gasteiger partial charge in [-0.15, -0.1) is 24.0 Å². The fraction of sp³-hybridized carbons (Fsp3) is 0.667. The number of ether oxygens (including phenoxy) is 2. The average Bonchev–Trinajstić information content (AvgIpc) is 2.67. The van der Waals surface area contributed by atoms with E-state index in [1.54, 1.807) is 0 Å². The third-order valence-electron chi connectivity index (χ3n) is 4.65. The zero-order valence-electron chi connectivity index (χ0n) is 17.7. The van der Waals surface area contributed by atoms with Crippen LogP contribution in [0.3, 0.4) is 0 Å². The molecule has 1 aliphatic heterocycles. The van der Waals surface area contributed by atoms with E-state index in [0.29, 0.717) is 18.7 Å². The Morgan fingerprint density at radius 2 is 1.86 bits per heavy atom. The quantitative estimate of drug-likeness (QED) is 0.308. The molecule has 160 valence electrons. The first kappa shape index (κ1) is 25.0. The summed E-state index contributed by atoms with van der Waals surface area (Å²) >= 11 is 0. The Morgan fingerprint density at radius 1 is 1.18 bits per heavy atom. The van der Waals surface area contributed by atoms with Crippen LogP contribution < -0.4 is 15.4 Å². The molecular formula is C21H37IN4O2. The van der Waals surface area contributed by atoms with Crippen molar-refractivity contribution >= 4 is 29.9 Å². The summed E-state index contributed by atoms with van der Waals surface area (Å²) in [6.45, 7) is 11.0. The minimum absolute atomic E-state index is 0. The Kier molecular flexibility index (Phi) is 12.5. The van der Waals surface area contributed by atoms with E-state index in [2.05, 4.69) is 41.3 Å². The van der Waals surface area contributed by atoms with Gasteiger partial charge in [0, 0.05) is 32.7 Å². The fourth-order valence-electron chi connectivity index (χ4n) is 3.12. The summed E-state index contributed by atoms with van der Waals surface area (Å²) in [7, 11) is 1.82. The highest BCUT2D eigenvalue weighted by Gasteiger charge is 2.20. The van der Waals surface area contributed by atoms with Gasteiger partial charge in [-0.25, -0.2) is 0 Å². The molecule has 1 unspecified atom stereocenters. The summed E-state index contributed by atoms with van der Waals surface area (Å²) < 4.78 is 11.6. The normalized spacial score (nSPS) is 17.1. The number of nitrogens with zero attached hydrogens (tertiary/aromatic N) is 2. The minimum Gasteiger partial charge on any atom is -0.489 e. The van der Waals surface area contributed by atoms with Gasteiger partial charge < -0.3 is 25.0 Å². The molecule has 0 amide bonds. The molecule has 28 heavy (non-hydrogen) atoms. The lowest BCUT2D eigenvalue weighted by atomic mass is 10.1. The molecule has 1 aromatic carbocycles. The van der Waals surface area contributed by atoms with Crippen LogP contribution in [0.2, 0.25) is 0 Å². The van der Waals surface area contributed by atoms with Crippen molar-refractivity contribution in [1.29, 1.82) is 0 Å². The second kappa shape index (κ2) is 14.0. The van der Waals surface area contributed by atoms with E-state index >= 15 is 0 Å². The number of piperidine rings is 1. The van der Waals surface area contributed by atoms with Crippen molar-refractivity contribution in [2.75, 3.05) is 39.8 Å². The average molecular weight is 504 g/mol. The first-order valence-corrected chi connectivity index (χ1v) is 10.1. The number of para-hydroxylation sites is 1. The van der Waals surface area contributed by atoms with E-state index in [-0.39, 0.29) is 30.1 Å². The van der Waals surface area contributed by atoms with Gasteiger partial charge in [0.1, 0.15) is 11.9 Å². The zero-order chi connectivity index (χ0) is 19.5. The van der Waals surface area contributed by atoms with Gasteiger partial charge in [0.25, 0.3) is 0 Å². The van der Waals surface area contributed by atoms with Gasteiger partial charge in [0.2, 0.25) is 0 Å². The highest BCUT2D eigenvalue weighted by Crippen LogP contribution is 2.11. The number of rotatable bonds is 9. The van der Waals surface area contributed by atoms with Crippen molar-refractivity contribution in [3.8, 4) is 5.75 Å². The summed E-state index contributed by atoms with van der Waals surface area (Å²) in [6.07, 6.45) is 2.62. The molecule has 0 aromatic heterocycles. The number of benzene rings is 1. The molecule has 0 saturated carbocycles. The minimum atomic E-state index is 0. The summed E-state index contributed by atoms with van der Waals surface area (Å²) in [6, 6.07) is 10.4. The van der Waals surface area contributed by atoms with E-state index in [0.717, 1.165) is 50.8 Å². The molecule has 1 atom stereocenters. The highest BCUT2D eigenvalue weighted by atomic mass is 127. The van der Waals surface area contributed by atoms with Crippen LogP contribution in [0.4, 0.5) is 0 Å². The van der Waals surface area contributed by atoms with Gasteiger partial charge in [0.05, 0.1) is 19.3 Å². The number of aliphatic imine (C=N–C) groups is 1. The van der Waals surface area contributed by atoms with Crippen molar-refractivity contribution < 1.29 is 9.47 Å². The second-order valence-electron chi connectivity index (χ2n) is 7.37. The summed E-state index contributed by atoms with van der Waals surface area (Å²) in [5.41, 5.74) is 0. The second-order valence-corrected chi connectivity index (χ2v) is 7.37. The Labute approximate surface area is 187 Å². The summed E-state index contributed by atoms with van der Waals surface area (Å²) in [5, 5.41) is 6.92. The molecule has 7 heteroatoms. The Hall–Kier alpha value is -1.06. The maximum absolute atomic E-state index is 5.90. The van der Waals surface area contributed by atoms with E-state index in [1.165, 1.54) is 0 Å². The van der Waals surface area contributed by atoms with Crippen LogP contribution in [0.25, 0.3) is 0 Å². The number of guanidine groups is 1. The molecule has 0 aliphatic carbocycles. The van der Waals surface area contributed by atoms with Gasteiger partial charge in [-0.3, -0.25) is 4.99 Å². The number of halogens is 1. The molecule has 1 saturated heterocycles. The predicted molar refractivity (Wildman–Crippen MR) is 127 cm³/mol. The molecule has 0 bridgehead atoms. The molecule has 1 heterocycles. The van der Waals surface area contributed by atoms with E-state index in [4.69, 9.17) is 9.47 Å². The molecule has 6 nitrogen and oxygen atoms in total. The number of hydrogen-bond donors (Lipinski definition) is 2. The molecule has 0 spiro atoms. The van der Waals surface area contributed by atoms with Crippen molar-refractivity contribution in [1.82, 2.24) is 15.5 Å². The van der Waals surface area contributed by atoms with Crippen LogP contribution in [-0.2, 0) is 4.74 Å². The first-order chi connectivity index (χ1) is 13.1. The van der Waals surface area contributed by atoms with Crippen LogP contribution in [0.15, 0.2) is 35.3 Å². The maximum atomic E-state index is 5.90. The third-order valence-corrected chi connectivity index (χ3v) is 4.65. The van der Waals surface area contributed by atoms with Crippen molar-refractivity contribution in [2.45, 2.75) is 51.9 Å². The lowest BCUT2D eigenvalue weighted by molar-refractivity contribution is 0.0532. The highest BCUT2D eigenvalue weighted by molar-refractivity contribution is 14.0. The van der Waals surface area contributed by atoms with E-state index in [9.17, 15) is 0 Å². The Bertz CT molecular complexity index is 549. The van der Waals surface area contributed by atoms with Gasteiger partial charge in [0.15, 0.2) is 5.96 Å². The standard InChI is InChI=1S/C21H36N4O2.HI/c1-17(2)26-15-14-25-12-10-19(11-13-25)24-21(22-4)23-16-18(3)27-20-8-6-5-7-9-20;/h5-9,17-19H,10-16H2,1-4H3,(H2,22,23,24);1H. The topological polar surface area (TPSA) is 58.1 Å². The molecule has 2 N–H and O–H groups in total. The van der Waals surface area contributed by atoms with Crippen molar-refractivity contribution in [3.63, 3.8) is 0 Å². The SMILES string of the molecule is CN=C(NCC(C)Oc1ccccc1)NC1CCN(CCOC(C)C)CC1.I. The largest absolute Gasteiger partial charge is 0.489 e. The molecular weight excluding hydrogens is 467 g/mol. The maximum Gasteiger partial charge on any atom is 0.191 e. The van der Waals surface area contributed by atoms with Gasteiger partial charge in [-0.1, -0.05) is 18.2 Å². The van der Waals surface area contributed by atoms with Gasteiger partial charge >= 0.3 is 0 Å². The van der Waals surface area contributed by atoms with Crippen LogP contribution in [-0.4, -0.2) is 68.9 Å². The third kappa shape index (κ3) is 9.93. The Morgan fingerprint density at radius 3 is 2.46 bits per heavy atom. The van der Waals surface area contributed by atoms with E-state index in [1.807, 2.05) is 37.4 Å². The first-order valence-electron chi connectivity index (χ1n) is 10.1. The van der Waals surface area contributed by atoms with Crippen molar-refractivity contribution in [2.24, 2.45) is 4.99 Å². The predicted octanol–water partition coefficient (Wildman–Crippen LogP) is 3.13.